The second-order valence-corrected chi connectivity index (χ2v) is 11.2. The standard InChI is InChI=1S/C28H40N6O/c1-19(2)23-17-22(25-20(3)31-34(26(25)29-23)28(4,5)6)27(35)30-24(21-11-9-8-10-12-21)18-33-15-13-32(7)14-16-33/h8-12,17,19,24H,13-16,18H2,1-7H3,(H,30,35). The van der Waals surface area contributed by atoms with Crippen LogP contribution < -0.4 is 5.32 Å². The number of pyridine rings is 1. The third kappa shape index (κ3) is 5.57. The smallest absolute Gasteiger partial charge is 0.252 e. The van der Waals surface area contributed by atoms with Gasteiger partial charge in [-0.05, 0) is 52.3 Å². The molecule has 7 heteroatoms. The number of nitrogens with zero attached hydrogens (tertiary/aromatic N) is 5. The summed E-state index contributed by atoms with van der Waals surface area (Å²) >= 11 is 0. The summed E-state index contributed by atoms with van der Waals surface area (Å²) < 4.78 is 1.96. The van der Waals surface area contributed by atoms with E-state index in [1.807, 2.05) is 35.9 Å². The van der Waals surface area contributed by atoms with Crippen LogP contribution in [-0.2, 0) is 5.54 Å². The molecule has 188 valence electrons. The molecule has 3 aromatic rings. The minimum atomic E-state index is -0.239. The molecule has 0 aliphatic carbocycles. The first-order chi connectivity index (χ1) is 16.5. The molecule has 1 amide bonds. The fourth-order valence-corrected chi connectivity index (χ4v) is 4.70. The van der Waals surface area contributed by atoms with Gasteiger partial charge in [-0.1, -0.05) is 44.2 Å². The summed E-state index contributed by atoms with van der Waals surface area (Å²) in [5.41, 5.74) is 4.06. The van der Waals surface area contributed by atoms with E-state index in [1.54, 1.807) is 0 Å². The molecule has 1 atom stereocenters. The van der Waals surface area contributed by atoms with Gasteiger partial charge in [0.1, 0.15) is 0 Å². The van der Waals surface area contributed by atoms with E-state index in [0.29, 0.717) is 5.56 Å². The SMILES string of the molecule is Cc1nn(C(C)(C)C)c2nc(C(C)C)cc(C(=O)NC(CN3CCN(C)CC3)c3ccccc3)c12. The molecular weight excluding hydrogens is 436 g/mol. The van der Waals surface area contributed by atoms with Gasteiger partial charge in [0, 0.05) is 38.4 Å². The Kier molecular flexibility index (Phi) is 7.29. The van der Waals surface area contributed by atoms with Crippen LogP contribution in [0.15, 0.2) is 36.4 Å². The van der Waals surface area contributed by atoms with Gasteiger partial charge in [0.05, 0.1) is 28.2 Å². The number of rotatable bonds is 6. The van der Waals surface area contributed by atoms with Gasteiger partial charge in [-0.2, -0.15) is 5.10 Å². The molecule has 1 aliphatic rings. The Bertz CT molecular complexity index is 1170. The van der Waals surface area contributed by atoms with Crippen LogP contribution in [0.5, 0.6) is 0 Å². The molecule has 2 aromatic heterocycles. The lowest BCUT2D eigenvalue weighted by atomic mass is 10.0. The number of fused-ring (bicyclic) bond motifs is 1. The van der Waals surface area contributed by atoms with Gasteiger partial charge < -0.3 is 10.2 Å². The van der Waals surface area contributed by atoms with Crippen molar-refractivity contribution in [2.45, 2.75) is 59.0 Å². The molecule has 4 rings (SSSR count). The molecule has 1 N–H and O–H groups in total. The highest BCUT2D eigenvalue weighted by Gasteiger charge is 2.27. The van der Waals surface area contributed by atoms with Crippen LogP contribution in [-0.4, -0.2) is 70.2 Å². The summed E-state index contributed by atoms with van der Waals surface area (Å²) in [5.74, 6) is 0.128. The molecule has 3 heterocycles. The Morgan fingerprint density at radius 2 is 1.74 bits per heavy atom. The molecule has 7 nitrogen and oxygen atoms in total. The summed E-state index contributed by atoms with van der Waals surface area (Å²) in [4.78, 5) is 23.7. The molecule has 1 aliphatic heterocycles. The van der Waals surface area contributed by atoms with E-state index < -0.39 is 0 Å². The van der Waals surface area contributed by atoms with Gasteiger partial charge in [-0.15, -0.1) is 0 Å². The topological polar surface area (TPSA) is 66.3 Å². The van der Waals surface area contributed by atoms with Crippen LogP contribution in [0.3, 0.4) is 0 Å². The number of piperazine rings is 1. The fraction of sp³-hybridized carbons (Fsp3) is 0.536. The lowest BCUT2D eigenvalue weighted by molar-refractivity contribution is 0.0908. The highest BCUT2D eigenvalue weighted by atomic mass is 16.1. The van der Waals surface area contributed by atoms with Crippen LogP contribution in [0.1, 0.15) is 73.9 Å². The third-order valence-corrected chi connectivity index (χ3v) is 6.85. The van der Waals surface area contributed by atoms with E-state index in [9.17, 15) is 4.79 Å². The Labute approximate surface area is 209 Å². The monoisotopic (exact) mass is 476 g/mol. The van der Waals surface area contributed by atoms with Crippen LogP contribution in [0, 0.1) is 6.92 Å². The zero-order valence-electron chi connectivity index (χ0n) is 22.3. The molecule has 0 saturated carbocycles. The highest BCUT2D eigenvalue weighted by Crippen LogP contribution is 2.29. The van der Waals surface area contributed by atoms with Crippen LogP contribution >= 0.6 is 0 Å². The minimum absolute atomic E-state index is 0.0705. The fourth-order valence-electron chi connectivity index (χ4n) is 4.70. The van der Waals surface area contributed by atoms with E-state index in [0.717, 1.165) is 60.7 Å². The molecule has 0 spiro atoms. The number of carbonyl (C=O) groups excluding carboxylic acids is 1. The normalized spacial score (nSPS) is 16.7. The first kappa shape index (κ1) is 25.3. The number of hydrogen-bond acceptors (Lipinski definition) is 5. The van der Waals surface area contributed by atoms with Gasteiger partial charge in [0.2, 0.25) is 0 Å². The summed E-state index contributed by atoms with van der Waals surface area (Å²) in [6, 6.07) is 12.2. The first-order valence-electron chi connectivity index (χ1n) is 12.7. The summed E-state index contributed by atoms with van der Waals surface area (Å²) in [5, 5.41) is 9.03. The predicted molar refractivity (Wildman–Crippen MR) is 142 cm³/mol. The van der Waals surface area contributed by atoms with Gasteiger partial charge in [-0.25, -0.2) is 9.67 Å². The number of benzene rings is 1. The zero-order chi connectivity index (χ0) is 25.3. The second-order valence-electron chi connectivity index (χ2n) is 11.2. The van der Waals surface area contributed by atoms with Crippen molar-refractivity contribution in [3.63, 3.8) is 0 Å². The minimum Gasteiger partial charge on any atom is -0.344 e. The second kappa shape index (κ2) is 10.1. The number of hydrogen-bond donors (Lipinski definition) is 1. The number of carbonyl (C=O) groups is 1. The maximum Gasteiger partial charge on any atom is 0.252 e. The number of aromatic nitrogens is 3. The largest absolute Gasteiger partial charge is 0.344 e. The van der Waals surface area contributed by atoms with E-state index in [2.05, 4.69) is 68.9 Å². The Morgan fingerprint density at radius 3 is 2.34 bits per heavy atom. The van der Waals surface area contributed by atoms with E-state index in [4.69, 9.17) is 10.1 Å². The number of amides is 1. The Balaban J connectivity index is 1.72. The van der Waals surface area contributed by atoms with Crippen molar-refractivity contribution >= 4 is 16.9 Å². The summed E-state index contributed by atoms with van der Waals surface area (Å²) in [7, 11) is 2.16. The van der Waals surface area contributed by atoms with Gasteiger partial charge in [0.25, 0.3) is 5.91 Å². The van der Waals surface area contributed by atoms with Crippen molar-refractivity contribution < 1.29 is 4.79 Å². The van der Waals surface area contributed by atoms with E-state index in [1.165, 1.54) is 0 Å². The van der Waals surface area contributed by atoms with Crippen molar-refractivity contribution in [1.82, 2.24) is 29.9 Å². The van der Waals surface area contributed by atoms with Crippen LogP contribution in [0.2, 0.25) is 0 Å². The zero-order valence-corrected chi connectivity index (χ0v) is 22.3. The summed E-state index contributed by atoms with van der Waals surface area (Å²) in [6.07, 6.45) is 0. The Morgan fingerprint density at radius 1 is 1.09 bits per heavy atom. The average Bonchev–Trinajstić information content (AvgIpc) is 3.17. The van der Waals surface area contributed by atoms with E-state index >= 15 is 0 Å². The highest BCUT2D eigenvalue weighted by molar-refractivity contribution is 6.06. The molecule has 0 bridgehead atoms. The quantitative estimate of drug-likeness (QED) is 0.573. The van der Waals surface area contributed by atoms with Gasteiger partial charge in [0.15, 0.2) is 5.65 Å². The van der Waals surface area contributed by atoms with Crippen LogP contribution in [0.4, 0.5) is 0 Å². The van der Waals surface area contributed by atoms with Crippen molar-refractivity contribution in [3.05, 3.63) is 58.9 Å². The summed E-state index contributed by atoms with van der Waals surface area (Å²) in [6.45, 7) is 17.4. The predicted octanol–water partition coefficient (Wildman–Crippen LogP) is 4.34. The Hall–Kier alpha value is -2.77. The van der Waals surface area contributed by atoms with Crippen molar-refractivity contribution in [2.75, 3.05) is 39.8 Å². The van der Waals surface area contributed by atoms with E-state index in [-0.39, 0.29) is 23.4 Å². The lowest BCUT2D eigenvalue weighted by Gasteiger charge is -2.35. The molecule has 1 saturated heterocycles. The molecule has 35 heavy (non-hydrogen) atoms. The van der Waals surface area contributed by atoms with Crippen LogP contribution in [0.25, 0.3) is 11.0 Å². The average molecular weight is 477 g/mol. The maximum absolute atomic E-state index is 13.9. The lowest BCUT2D eigenvalue weighted by Crippen LogP contribution is -2.47. The number of aryl methyl sites for hydroxylation is 1. The van der Waals surface area contributed by atoms with Crippen molar-refractivity contribution in [2.24, 2.45) is 0 Å². The molecular formula is C28H40N6O. The number of likely N-dealkylation sites (N-methyl/N-ethyl adjacent to an activating group) is 1. The molecule has 0 radical (unpaired) electrons. The molecule has 1 aromatic carbocycles. The first-order valence-corrected chi connectivity index (χ1v) is 12.7. The van der Waals surface area contributed by atoms with Crippen molar-refractivity contribution in [1.29, 1.82) is 0 Å². The van der Waals surface area contributed by atoms with Gasteiger partial charge in [-0.3, -0.25) is 9.69 Å². The van der Waals surface area contributed by atoms with Gasteiger partial charge >= 0.3 is 0 Å². The maximum atomic E-state index is 13.9. The molecule has 1 fully saturated rings. The molecule has 1 unspecified atom stereocenters. The van der Waals surface area contributed by atoms with Crippen molar-refractivity contribution in [3.8, 4) is 0 Å². The third-order valence-electron chi connectivity index (χ3n) is 6.85. The number of nitrogens with one attached hydrogen (secondary N) is 1.